The van der Waals surface area contributed by atoms with E-state index in [1.807, 2.05) is 25.1 Å². The molecule has 0 aliphatic rings. The van der Waals surface area contributed by atoms with E-state index in [0.29, 0.717) is 6.42 Å². The molecular formula is C17H19BrO. The van der Waals surface area contributed by atoms with Crippen LogP contribution in [0.1, 0.15) is 33.9 Å². The summed E-state index contributed by atoms with van der Waals surface area (Å²) in [5.74, 6) is 0. The highest BCUT2D eigenvalue weighted by Crippen LogP contribution is 2.30. The zero-order chi connectivity index (χ0) is 14.0. The lowest BCUT2D eigenvalue weighted by molar-refractivity contribution is 0.177. The molecule has 0 spiro atoms. The molecule has 2 heteroatoms. The lowest BCUT2D eigenvalue weighted by atomic mass is 9.94. The smallest absolute Gasteiger partial charge is 0.0841 e. The second-order valence-corrected chi connectivity index (χ2v) is 5.86. The lowest BCUT2D eigenvalue weighted by Crippen LogP contribution is -2.06. The Bertz CT molecular complexity index is 570. The summed E-state index contributed by atoms with van der Waals surface area (Å²) < 4.78 is 1.01. The van der Waals surface area contributed by atoms with Crippen molar-refractivity contribution < 1.29 is 5.11 Å². The van der Waals surface area contributed by atoms with Crippen molar-refractivity contribution in [3.63, 3.8) is 0 Å². The number of rotatable bonds is 3. The highest BCUT2D eigenvalue weighted by molar-refractivity contribution is 9.10. The van der Waals surface area contributed by atoms with Gasteiger partial charge in [-0.05, 0) is 48.6 Å². The van der Waals surface area contributed by atoms with Crippen LogP contribution in [0.2, 0.25) is 0 Å². The van der Waals surface area contributed by atoms with Gasteiger partial charge in [0, 0.05) is 10.9 Å². The zero-order valence-corrected chi connectivity index (χ0v) is 13.2. The number of hydrogen-bond acceptors (Lipinski definition) is 1. The number of halogens is 1. The number of benzene rings is 2. The van der Waals surface area contributed by atoms with Gasteiger partial charge in [-0.15, -0.1) is 0 Å². The van der Waals surface area contributed by atoms with Gasteiger partial charge in [0.1, 0.15) is 0 Å². The summed E-state index contributed by atoms with van der Waals surface area (Å²) in [4.78, 5) is 0. The van der Waals surface area contributed by atoms with Crippen LogP contribution in [-0.2, 0) is 6.42 Å². The second-order valence-electron chi connectivity index (χ2n) is 5.07. The highest BCUT2D eigenvalue weighted by Gasteiger charge is 2.15. The highest BCUT2D eigenvalue weighted by atomic mass is 79.9. The fraction of sp³-hybridized carbons (Fsp3) is 0.294. The predicted octanol–water partition coefficient (Wildman–Crippen LogP) is 4.65. The Kier molecular flexibility index (Phi) is 4.43. The third-order valence-electron chi connectivity index (χ3n) is 3.62. The summed E-state index contributed by atoms with van der Waals surface area (Å²) in [7, 11) is 0. The molecule has 2 aromatic rings. The van der Waals surface area contributed by atoms with Gasteiger partial charge in [-0.25, -0.2) is 0 Å². The normalized spacial score (nSPS) is 12.5. The minimum Gasteiger partial charge on any atom is -0.388 e. The Morgan fingerprint density at radius 3 is 2.11 bits per heavy atom. The average molecular weight is 319 g/mol. The summed E-state index contributed by atoms with van der Waals surface area (Å²) in [5.41, 5.74) is 5.83. The lowest BCUT2D eigenvalue weighted by Gasteiger charge is -2.17. The van der Waals surface area contributed by atoms with Crippen molar-refractivity contribution in [3.8, 4) is 0 Å². The molecule has 0 aromatic heterocycles. The summed E-state index contributed by atoms with van der Waals surface area (Å²) in [6, 6.07) is 12.3. The monoisotopic (exact) mass is 318 g/mol. The first-order valence-corrected chi connectivity index (χ1v) is 7.28. The standard InChI is InChI=1S/C17H19BrO/c1-11-6-4-7-12(2)15(11)10-16(19)14-9-5-8-13(3)17(14)18/h4-9,16,19H,10H2,1-3H3. The first kappa shape index (κ1) is 14.3. The molecule has 0 saturated heterocycles. The van der Waals surface area contributed by atoms with Crippen molar-refractivity contribution in [2.24, 2.45) is 0 Å². The fourth-order valence-electron chi connectivity index (χ4n) is 2.40. The maximum atomic E-state index is 10.5. The molecule has 100 valence electrons. The molecule has 2 rings (SSSR count). The topological polar surface area (TPSA) is 20.2 Å². The maximum absolute atomic E-state index is 10.5. The third-order valence-corrected chi connectivity index (χ3v) is 4.71. The molecule has 1 atom stereocenters. The maximum Gasteiger partial charge on any atom is 0.0841 e. The van der Waals surface area contributed by atoms with Gasteiger partial charge in [0.15, 0.2) is 0 Å². The van der Waals surface area contributed by atoms with Gasteiger partial charge in [-0.3, -0.25) is 0 Å². The van der Waals surface area contributed by atoms with Crippen molar-refractivity contribution in [3.05, 3.63) is 68.7 Å². The van der Waals surface area contributed by atoms with E-state index >= 15 is 0 Å². The van der Waals surface area contributed by atoms with Crippen LogP contribution < -0.4 is 0 Å². The number of aryl methyl sites for hydroxylation is 3. The molecule has 0 heterocycles. The van der Waals surface area contributed by atoms with Gasteiger partial charge in [0.05, 0.1) is 6.10 Å². The summed E-state index contributed by atoms with van der Waals surface area (Å²) in [6.45, 7) is 6.24. The number of hydrogen-bond donors (Lipinski definition) is 1. The van der Waals surface area contributed by atoms with E-state index in [-0.39, 0.29) is 0 Å². The van der Waals surface area contributed by atoms with Gasteiger partial charge in [0.2, 0.25) is 0 Å². The molecule has 0 fully saturated rings. The van der Waals surface area contributed by atoms with Gasteiger partial charge < -0.3 is 5.11 Å². The van der Waals surface area contributed by atoms with Crippen molar-refractivity contribution in [2.45, 2.75) is 33.3 Å². The van der Waals surface area contributed by atoms with E-state index in [1.54, 1.807) is 0 Å². The first-order valence-electron chi connectivity index (χ1n) is 6.49. The van der Waals surface area contributed by atoms with Crippen LogP contribution in [-0.4, -0.2) is 5.11 Å². The third kappa shape index (κ3) is 3.07. The van der Waals surface area contributed by atoms with Crippen LogP contribution in [0.4, 0.5) is 0 Å². The SMILES string of the molecule is Cc1cccc(C(O)Cc2c(C)cccc2C)c1Br. The van der Waals surface area contributed by atoms with Crippen LogP contribution >= 0.6 is 15.9 Å². The Morgan fingerprint density at radius 1 is 0.947 bits per heavy atom. The van der Waals surface area contributed by atoms with E-state index in [2.05, 4.69) is 48.0 Å². The van der Waals surface area contributed by atoms with E-state index in [0.717, 1.165) is 15.6 Å². The summed E-state index contributed by atoms with van der Waals surface area (Å²) in [6.07, 6.45) is 0.176. The summed E-state index contributed by atoms with van der Waals surface area (Å²) >= 11 is 3.57. The van der Waals surface area contributed by atoms with E-state index in [1.165, 1.54) is 16.7 Å². The summed E-state index contributed by atoms with van der Waals surface area (Å²) in [5, 5.41) is 10.5. The zero-order valence-electron chi connectivity index (χ0n) is 11.6. The second kappa shape index (κ2) is 5.89. The van der Waals surface area contributed by atoms with Crippen LogP contribution in [0.3, 0.4) is 0 Å². The minimum absolute atomic E-state index is 0.478. The van der Waals surface area contributed by atoms with Crippen molar-refractivity contribution in [1.29, 1.82) is 0 Å². The van der Waals surface area contributed by atoms with Gasteiger partial charge in [-0.2, -0.15) is 0 Å². The largest absolute Gasteiger partial charge is 0.388 e. The molecule has 0 aliphatic carbocycles. The molecule has 0 aliphatic heterocycles. The Labute approximate surface area is 123 Å². The van der Waals surface area contributed by atoms with Crippen molar-refractivity contribution >= 4 is 15.9 Å². The van der Waals surface area contributed by atoms with Crippen molar-refractivity contribution in [2.75, 3.05) is 0 Å². The molecular weight excluding hydrogens is 300 g/mol. The predicted molar refractivity (Wildman–Crippen MR) is 83.5 cm³/mol. The Balaban J connectivity index is 2.31. The molecule has 19 heavy (non-hydrogen) atoms. The number of aliphatic hydroxyl groups is 1. The molecule has 2 aromatic carbocycles. The van der Waals surface area contributed by atoms with E-state index in [4.69, 9.17) is 0 Å². The molecule has 0 radical (unpaired) electrons. The molecule has 0 saturated carbocycles. The quantitative estimate of drug-likeness (QED) is 0.873. The molecule has 1 N–H and O–H groups in total. The molecule has 0 bridgehead atoms. The van der Waals surface area contributed by atoms with Gasteiger partial charge in [0.25, 0.3) is 0 Å². The van der Waals surface area contributed by atoms with Crippen LogP contribution in [0, 0.1) is 20.8 Å². The van der Waals surface area contributed by atoms with Crippen LogP contribution in [0.15, 0.2) is 40.9 Å². The van der Waals surface area contributed by atoms with Crippen molar-refractivity contribution in [1.82, 2.24) is 0 Å². The van der Waals surface area contributed by atoms with Gasteiger partial charge >= 0.3 is 0 Å². The average Bonchev–Trinajstić information content (AvgIpc) is 2.37. The van der Waals surface area contributed by atoms with Crippen LogP contribution in [0.5, 0.6) is 0 Å². The Hall–Kier alpha value is -1.12. The fourth-order valence-corrected chi connectivity index (χ4v) is 2.93. The van der Waals surface area contributed by atoms with E-state index < -0.39 is 6.10 Å². The number of aliphatic hydroxyl groups excluding tert-OH is 1. The first-order chi connectivity index (χ1) is 9.00. The van der Waals surface area contributed by atoms with Gasteiger partial charge in [-0.1, -0.05) is 52.3 Å². The molecule has 0 amide bonds. The minimum atomic E-state index is -0.478. The Morgan fingerprint density at radius 2 is 1.47 bits per heavy atom. The van der Waals surface area contributed by atoms with Crippen LogP contribution in [0.25, 0.3) is 0 Å². The molecule has 1 unspecified atom stereocenters. The molecule has 1 nitrogen and oxygen atoms in total. The van der Waals surface area contributed by atoms with E-state index in [9.17, 15) is 5.11 Å².